The number of pyridine rings is 1. The van der Waals surface area contributed by atoms with Crippen LogP contribution in [0.3, 0.4) is 0 Å². The molecular weight excluding hydrogens is 304 g/mol. The molecule has 1 aliphatic heterocycles. The van der Waals surface area contributed by atoms with E-state index < -0.39 is 0 Å². The first-order valence-corrected chi connectivity index (χ1v) is 7.87. The van der Waals surface area contributed by atoms with Crippen LogP contribution in [-0.4, -0.2) is 40.0 Å². The first-order chi connectivity index (χ1) is 11.7. The monoisotopic (exact) mass is 322 g/mol. The standard InChI is InChI=1S/C17H18N6O/c1-12-4-5-13(9-18)16(21-12)23-8-2-3-14(10-23)22-17(24)15-6-7-19-11-20-15/h4-7,11,14H,2-3,8,10H2,1H3,(H,22,24). The number of aryl methyl sites for hydroxylation is 1. The molecule has 1 aliphatic rings. The minimum absolute atomic E-state index is 0.00456. The van der Waals surface area contributed by atoms with Gasteiger partial charge in [0.05, 0.1) is 5.56 Å². The Bertz CT molecular complexity index is 770. The van der Waals surface area contributed by atoms with Crippen molar-refractivity contribution in [3.8, 4) is 6.07 Å². The van der Waals surface area contributed by atoms with Crippen molar-refractivity contribution in [2.45, 2.75) is 25.8 Å². The third kappa shape index (κ3) is 3.49. The van der Waals surface area contributed by atoms with Crippen LogP contribution >= 0.6 is 0 Å². The molecule has 3 rings (SSSR count). The third-order valence-corrected chi connectivity index (χ3v) is 4.01. The number of aromatic nitrogens is 3. The maximum absolute atomic E-state index is 12.2. The van der Waals surface area contributed by atoms with Crippen molar-refractivity contribution in [2.24, 2.45) is 0 Å². The van der Waals surface area contributed by atoms with Crippen molar-refractivity contribution >= 4 is 11.7 Å². The lowest BCUT2D eigenvalue weighted by Crippen LogP contribution is -2.48. The van der Waals surface area contributed by atoms with Crippen molar-refractivity contribution in [2.75, 3.05) is 18.0 Å². The molecule has 1 amide bonds. The van der Waals surface area contributed by atoms with Gasteiger partial charge in [-0.3, -0.25) is 4.79 Å². The summed E-state index contributed by atoms with van der Waals surface area (Å²) >= 11 is 0. The summed E-state index contributed by atoms with van der Waals surface area (Å²) in [6.07, 6.45) is 4.72. The quantitative estimate of drug-likeness (QED) is 0.919. The molecule has 0 bridgehead atoms. The van der Waals surface area contributed by atoms with Gasteiger partial charge >= 0.3 is 0 Å². The molecule has 2 aromatic rings. The van der Waals surface area contributed by atoms with Gasteiger partial charge in [0, 0.05) is 31.0 Å². The number of hydrogen-bond acceptors (Lipinski definition) is 6. The Morgan fingerprint density at radius 3 is 3.04 bits per heavy atom. The minimum Gasteiger partial charge on any atom is -0.353 e. The van der Waals surface area contributed by atoms with Crippen LogP contribution in [0.15, 0.2) is 30.7 Å². The summed E-state index contributed by atoms with van der Waals surface area (Å²) in [6, 6.07) is 7.40. The van der Waals surface area contributed by atoms with Gasteiger partial charge in [-0.2, -0.15) is 5.26 Å². The van der Waals surface area contributed by atoms with Crippen LogP contribution in [0.25, 0.3) is 0 Å². The molecule has 1 atom stereocenters. The zero-order valence-electron chi connectivity index (χ0n) is 13.4. The van der Waals surface area contributed by atoms with Gasteiger partial charge in [0.25, 0.3) is 5.91 Å². The highest BCUT2D eigenvalue weighted by atomic mass is 16.1. The lowest BCUT2D eigenvalue weighted by atomic mass is 10.0. The molecule has 122 valence electrons. The number of nitriles is 1. The Balaban J connectivity index is 1.72. The van der Waals surface area contributed by atoms with Gasteiger partial charge in [-0.25, -0.2) is 15.0 Å². The van der Waals surface area contributed by atoms with Crippen molar-refractivity contribution in [3.05, 3.63) is 47.7 Å². The second-order valence-corrected chi connectivity index (χ2v) is 5.79. The molecule has 1 fully saturated rings. The normalized spacial score (nSPS) is 17.2. The summed E-state index contributed by atoms with van der Waals surface area (Å²) in [7, 11) is 0. The topological polar surface area (TPSA) is 94.8 Å². The smallest absolute Gasteiger partial charge is 0.270 e. The van der Waals surface area contributed by atoms with E-state index in [2.05, 4.69) is 31.2 Å². The summed E-state index contributed by atoms with van der Waals surface area (Å²) in [4.78, 5) is 26.6. The lowest BCUT2D eigenvalue weighted by Gasteiger charge is -2.34. The Hall–Kier alpha value is -3.01. The summed E-state index contributed by atoms with van der Waals surface area (Å²) < 4.78 is 0. The molecule has 7 nitrogen and oxygen atoms in total. The fourth-order valence-corrected chi connectivity index (χ4v) is 2.84. The highest BCUT2D eigenvalue weighted by molar-refractivity contribution is 5.92. The predicted molar refractivity (Wildman–Crippen MR) is 88.4 cm³/mol. The van der Waals surface area contributed by atoms with E-state index in [9.17, 15) is 10.1 Å². The van der Waals surface area contributed by atoms with Crippen LogP contribution in [0.4, 0.5) is 5.82 Å². The number of amides is 1. The maximum atomic E-state index is 12.2. The van der Waals surface area contributed by atoms with E-state index in [-0.39, 0.29) is 11.9 Å². The van der Waals surface area contributed by atoms with Crippen molar-refractivity contribution < 1.29 is 4.79 Å². The Morgan fingerprint density at radius 1 is 1.42 bits per heavy atom. The molecule has 1 N–H and O–H groups in total. The van der Waals surface area contributed by atoms with Gasteiger partial charge in [-0.05, 0) is 38.0 Å². The third-order valence-electron chi connectivity index (χ3n) is 4.01. The largest absolute Gasteiger partial charge is 0.353 e. The van der Waals surface area contributed by atoms with E-state index in [0.717, 1.165) is 25.1 Å². The van der Waals surface area contributed by atoms with Crippen LogP contribution in [0, 0.1) is 18.3 Å². The number of nitrogens with one attached hydrogen (secondary N) is 1. The van der Waals surface area contributed by atoms with Crippen molar-refractivity contribution in [1.29, 1.82) is 5.26 Å². The summed E-state index contributed by atoms with van der Waals surface area (Å²) in [6.45, 7) is 3.36. The van der Waals surface area contributed by atoms with Gasteiger partial charge in [-0.15, -0.1) is 0 Å². The SMILES string of the molecule is Cc1ccc(C#N)c(N2CCCC(NC(=O)c3ccncn3)C2)n1. The maximum Gasteiger partial charge on any atom is 0.270 e. The molecule has 24 heavy (non-hydrogen) atoms. The molecule has 3 heterocycles. The minimum atomic E-state index is -0.207. The molecule has 2 aromatic heterocycles. The van der Waals surface area contributed by atoms with E-state index >= 15 is 0 Å². The molecule has 1 saturated heterocycles. The zero-order chi connectivity index (χ0) is 16.9. The summed E-state index contributed by atoms with van der Waals surface area (Å²) in [5.41, 5.74) is 1.79. The first-order valence-electron chi connectivity index (χ1n) is 7.87. The number of carbonyl (C=O) groups excluding carboxylic acids is 1. The van der Waals surface area contributed by atoms with Gasteiger partial charge in [0.2, 0.25) is 0 Å². The first kappa shape index (κ1) is 15.9. The number of anilines is 1. The van der Waals surface area contributed by atoms with Crippen LogP contribution in [0.1, 0.15) is 34.6 Å². The molecule has 1 unspecified atom stereocenters. The highest BCUT2D eigenvalue weighted by Crippen LogP contribution is 2.22. The number of hydrogen-bond donors (Lipinski definition) is 1. The number of nitrogens with zero attached hydrogens (tertiary/aromatic N) is 5. The van der Waals surface area contributed by atoms with Crippen molar-refractivity contribution in [3.63, 3.8) is 0 Å². The van der Waals surface area contributed by atoms with Gasteiger partial charge in [0.1, 0.15) is 23.9 Å². The predicted octanol–water partition coefficient (Wildman–Crippen LogP) is 1.45. The molecular formula is C17H18N6O. The number of rotatable bonds is 3. The highest BCUT2D eigenvalue weighted by Gasteiger charge is 2.24. The average Bonchev–Trinajstić information content (AvgIpc) is 2.62. The van der Waals surface area contributed by atoms with E-state index in [1.807, 2.05) is 13.0 Å². The van der Waals surface area contributed by atoms with E-state index in [4.69, 9.17) is 0 Å². The zero-order valence-corrected chi connectivity index (χ0v) is 13.4. The van der Waals surface area contributed by atoms with Crippen LogP contribution < -0.4 is 10.2 Å². The molecule has 0 aliphatic carbocycles. The molecule has 0 radical (unpaired) electrons. The number of piperidine rings is 1. The van der Waals surface area contributed by atoms with Gasteiger partial charge in [-0.1, -0.05) is 0 Å². The van der Waals surface area contributed by atoms with Crippen LogP contribution in [0.2, 0.25) is 0 Å². The fourth-order valence-electron chi connectivity index (χ4n) is 2.84. The summed E-state index contributed by atoms with van der Waals surface area (Å²) in [5.74, 6) is 0.487. The Kier molecular flexibility index (Phi) is 4.66. The van der Waals surface area contributed by atoms with Crippen molar-refractivity contribution in [1.82, 2.24) is 20.3 Å². The van der Waals surface area contributed by atoms with Gasteiger partial charge in [0.15, 0.2) is 0 Å². The van der Waals surface area contributed by atoms with Gasteiger partial charge < -0.3 is 10.2 Å². The Labute approximate surface area is 140 Å². The van der Waals surface area contributed by atoms with Crippen LogP contribution in [0.5, 0.6) is 0 Å². The summed E-state index contributed by atoms with van der Waals surface area (Å²) in [5, 5.41) is 12.3. The molecule has 0 saturated carbocycles. The second-order valence-electron chi connectivity index (χ2n) is 5.79. The lowest BCUT2D eigenvalue weighted by molar-refractivity contribution is 0.0928. The Morgan fingerprint density at radius 2 is 2.29 bits per heavy atom. The molecule has 0 aromatic carbocycles. The van der Waals surface area contributed by atoms with E-state index in [1.165, 1.54) is 6.33 Å². The molecule has 7 heteroatoms. The van der Waals surface area contributed by atoms with E-state index in [0.29, 0.717) is 23.6 Å². The number of carbonyl (C=O) groups is 1. The fraction of sp³-hybridized carbons (Fsp3) is 0.353. The second kappa shape index (κ2) is 7.04. The average molecular weight is 322 g/mol. The van der Waals surface area contributed by atoms with E-state index in [1.54, 1.807) is 18.3 Å². The molecule has 0 spiro atoms. The van der Waals surface area contributed by atoms with Crippen LogP contribution in [-0.2, 0) is 0 Å².